The van der Waals surface area contributed by atoms with Crippen LogP contribution >= 0.6 is 0 Å². The minimum atomic E-state index is -0.916. The summed E-state index contributed by atoms with van der Waals surface area (Å²) in [4.78, 5) is 10.8. The first-order chi connectivity index (χ1) is 7.04. The van der Waals surface area contributed by atoms with Gasteiger partial charge in [-0.15, -0.1) is 0 Å². The quantitative estimate of drug-likeness (QED) is 0.789. The molecule has 0 amide bonds. The molecule has 3 nitrogen and oxygen atoms in total. The lowest BCUT2D eigenvalue weighted by Gasteiger charge is -2.11. The van der Waals surface area contributed by atoms with Crippen LogP contribution in [-0.2, 0) is 11.2 Å². The summed E-state index contributed by atoms with van der Waals surface area (Å²) in [6, 6.07) is 4.33. The summed E-state index contributed by atoms with van der Waals surface area (Å²) in [6.07, 6.45) is 0.345. The minimum absolute atomic E-state index is 0.0894. The molecule has 1 rings (SSSR count). The molecule has 4 heteroatoms. The van der Waals surface area contributed by atoms with Gasteiger partial charge in [-0.25, -0.2) is 4.39 Å². The van der Waals surface area contributed by atoms with E-state index >= 15 is 0 Å². The molecule has 0 aromatic heterocycles. The molecular formula is C11H14FNO2. The van der Waals surface area contributed by atoms with E-state index in [2.05, 4.69) is 0 Å². The number of aryl methyl sites for hydroxylation is 1. The number of halogens is 1. The highest BCUT2D eigenvalue weighted by atomic mass is 19.1. The molecule has 0 aliphatic rings. The minimum Gasteiger partial charge on any atom is -0.481 e. The van der Waals surface area contributed by atoms with Crippen molar-refractivity contribution < 1.29 is 14.3 Å². The largest absolute Gasteiger partial charge is 0.481 e. The van der Waals surface area contributed by atoms with Gasteiger partial charge in [0.15, 0.2) is 0 Å². The maximum absolute atomic E-state index is 12.8. The standard InChI is InChI=1S/C11H14FNO2/c1-7-4-10(12)3-2-8(7)5-9(6-13)11(14)15/h2-4,9H,5-6,13H2,1H3,(H,14,15)/t9-/m1/s1. The highest BCUT2D eigenvalue weighted by Gasteiger charge is 2.16. The van der Waals surface area contributed by atoms with E-state index < -0.39 is 11.9 Å². The van der Waals surface area contributed by atoms with E-state index in [-0.39, 0.29) is 12.4 Å². The van der Waals surface area contributed by atoms with Gasteiger partial charge in [0.1, 0.15) is 5.82 Å². The lowest BCUT2D eigenvalue weighted by atomic mass is 9.96. The Morgan fingerprint density at radius 2 is 2.27 bits per heavy atom. The Balaban J connectivity index is 2.84. The van der Waals surface area contributed by atoms with Gasteiger partial charge in [0.25, 0.3) is 0 Å². The Hall–Kier alpha value is -1.42. The molecule has 0 heterocycles. The van der Waals surface area contributed by atoms with Gasteiger partial charge in [-0.1, -0.05) is 6.07 Å². The SMILES string of the molecule is Cc1cc(F)ccc1C[C@H](CN)C(=O)O. The van der Waals surface area contributed by atoms with Gasteiger partial charge in [-0.05, 0) is 36.6 Å². The van der Waals surface area contributed by atoms with Crippen LogP contribution in [0, 0.1) is 18.7 Å². The van der Waals surface area contributed by atoms with Crippen LogP contribution in [0.1, 0.15) is 11.1 Å². The Morgan fingerprint density at radius 1 is 1.60 bits per heavy atom. The summed E-state index contributed by atoms with van der Waals surface area (Å²) in [5, 5.41) is 8.83. The highest BCUT2D eigenvalue weighted by Crippen LogP contribution is 2.14. The molecule has 82 valence electrons. The van der Waals surface area contributed by atoms with Crippen LogP contribution in [0.5, 0.6) is 0 Å². The predicted octanol–water partition coefficient (Wildman–Crippen LogP) is 1.34. The molecule has 0 bridgehead atoms. The average Bonchev–Trinajstić information content (AvgIpc) is 2.16. The molecule has 0 aliphatic carbocycles. The molecule has 0 saturated heterocycles. The fourth-order valence-electron chi connectivity index (χ4n) is 1.43. The third kappa shape index (κ3) is 3.02. The summed E-state index contributed by atoms with van der Waals surface area (Å²) in [5.74, 6) is -1.83. The summed E-state index contributed by atoms with van der Waals surface area (Å²) in [6.45, 7) is 1.85. The molecule has 1 aromatic carbocycles. The molecule has 1 atom stereocenters. The van der Waals surface area contributed by atoms with Crippen LogP contribution in [0.4, 0.5) is 4.39 Å². The van der Waals surface area contributed by atoms with Crippen molar-refractivity contribution in [2.75, 3.05) is 6.54 Å². The first-order valence-electron chi connectivity index (χ1n) is 4.72. The van der Waals surface area contributed by atoms with E-state index in [1.54, 1.807) is 13.0 Å². The molecule has 0 spiro atoms. The summed E-state index contributed by atoms with van der Waals surface area (Å²) < 4.78 is 12.8. The van der Waals surface area contributed by atoms with E-state index in [9.17, 15) is 9.18 Å². The maximum Gasteiger partial charge on any atom is 0.308 e. The van der Waals surface area contributed by atoms with Crippen molar-refractivity contribution in [3.8, 4) is 0 Å². The van der Waals surface area contributed by atoms with Crippen molar-refractivity contribution in [3.63, 3.8) is 0 Å². The molecule has 0 fully saturated rings. The Morgan fingerprint density at radius 3 is 2.73 bits per heavy atom. The first-order valence-corrected chi connectivity index (χ1v) is 4.72. The van der Waals surface area contributed by atoms with E-state index in [0.29, 0.717) is 6.42 Å². The first kappa shape index (κ1) is 11.7. The van der Waals surface area contributed by atoms with Crippen LogP contribution in [-0.4, -0.2) is 17.6 Å². The normalized spacial score (nSPS) is 12.5. The number of carboxylic acid groups (broad SMARTS) is 1. The van der Waals surface area contributed by atoms with Crippen molar-refractivity contribution >= 4 is 5.97 Å². The molecule has 0 saturated carbocycles. The number of benzene rings is 1. The maximum atomic E-state index is 12.8. The van der Waals surface area contributed by atoms with Crippen LogP contribution in [0.15, 0.2) is 18.2 Å². The molecule has 0 radical (unpaired) electrons. The zero-order valence-electron chi connectivity index (χ0n) is 8.53. The fraction of sp³-hybridized carbons (Fsp3) is 0.364. The molecular weight excluding hydrogens is 197 g/mol. The average molecular weight is 211 g/mol. The number of hydrogen-bond donors (Lipinski definition) is 2. The van der Waals surface area contributed by atoms with Gasteiger partial charge in [0.2, 0.25) is 0 Å². The van der Waals surface area contributed by atoms with Gasteiger partial charge >= 0.3 is 5.97 Å². The van der Waals surface area contributed by atoms with Crippen molar-refractivity contribution in [2.45, 2.75) is 13.3 Å². The zero-order valence-corrected chi connectivity index (χ0v) is 8.53. The van der Waals surface area contributed by atoms with Crippen molar-refractivity contribution in [1.29, 1.82) is 0 Å². The summed E-state index contributed by atoms with van der Waals surface area (Å²) in [5.41, 5.74) is 6.93. The van der Waals surface area contributed by atoms with Gasteiger partial charge < -0.3 is 10.8 Å². The number of carbonyl (C=O) groups is 1. The second-order valence-electron chi connectivity index (χ2n) is 3.55. The number of hydrogen-bond acceptors (Lipinski definition) is 2. The lowest BCUT2D eigenvalue weighted by Crippen LogP contribution is -2.25. The van der Waals surface area contributed by atoms with Gasteiger partial charge in [-0.3, -0.25) is 4.79 Å². The Kier molecular flexibility index (Phi) is 3.80. The van der Waals surface area contributed by atoms with Crippen molar-refractivity contribution in [2.24, 2.45) is 11.7 Å². The monoisotopic (exact) mass is 211 g/mol. The Bertz CT molecular complexity index is 366. The number of rotatable bonds is 4. The van der Waals surface area contributed by atoms with Gasteiger partial charge in [0.05, 0.1) is 5.92 Å². The van der Waals surface area contributed by atoms with E-state index in [0.717, 1.165) is 11.1 Å². The second-order valence-corrected chi connectivity index (χ2v) is 3.55. The van der Waals surface area contributed by atoms with Crippen LogP contribution in [0.3, 0.4) is 0 Å². The third-order valence-electron chi connectivity index (χ3n) is 2.40. The van der Waals surface area contributed by atoms with Crippen molar-refractivity contribution in [3.05, 3.63) is 35.1 Å². The zero-order chi connectivity index (χ0) is 11.4. The highest BCUT2D eigenvalue weighted by molar-refractivity contribution is 5.70. The van der Waals surface area contributed by atoms with Crippen LogP contribution in [0.25, 0.3) is 0 Å². The molecule has 1 aromatic rings. The van der Waals surface area contributed by atoms with Crippen LogP contribution < -0.4 is 5.73 Å². The topological polar surface area (TPSA) is 63.3 Å². The predicted molar refractivity (Wildman–Crippen MR) is 55.0 cm³/mol. The van der Waals surface area contributed by atoms with E-state index in [4.69, 9.17) is 10.8 Å². The number of nitrogens with two attached hydrogens (primary N) is 1. The fourth-order valence-corrected chi connectivity index (χ4v) is 1.43. The van der Waals surface area contributed by atoms with Crippen LogP contribution in [0.2, 0.25) is 0 Å². The lowest BCUT2D eigenvalue weighted by molar-refractivity contribution is -0.141. The summed E-state index contributed by atoms with van der Waals surface area (Å²) >= 11 is 0. The molecule has 0 aliphatic heterocycles. The number of carboxylic acids is 1. The van der Waals surface area contributed by atoms with Crippen molar-refractivity contribution in [1.82, 2.24) is 0 Å². The molecule has 3 N–H and O–H groups in total. The van der Waals surface area contributed by atoms with Gasteiger partial charge in [-0.2, -0.15) is 0 Å². The van der Waals surface area contributed by atoms with Gasteiger partial charge in [0, 0.05) is 6.54 Å². The van der Waals surface area contributed by atoms with E-state index in [1.165, 1.54) is 12.1 Å². The number of aliphatic carboxylic acids is 1. The smallest absolute Gasteiger partial charge is 0.308 e. The molecule has 15 heavy (non-hydrogen) atoms. The third-order valence-corrected chi connectivity index (χ3v) is 2.40. The van der Waals surface area contributed by atoms with E-state index in [1.807, 2.05) is 0 Å². The second kappa shape index (κ2) is 4.89. The molecule has 0 unspecified atom stereocenters. The Labute approximate surface area is 87.7 Å². The summed E-state index contributed by atoms with van der Waals surface area (Å²) in [7, 11) is 0.